The molecule has 0 aromatic heterocycles. The maximum Gasteiger partial charge on any atom is 0.303 e. The first-order valence-electron chi connectivity index (χ1n) is 16.1. The van der Waals surface area contributed by atoms with Gasteiger partial charge >= 0.3 is 5.97 Å². The molecule has 0 heterocycles. The second-order valence-corrected chi connectivity index (χ2v) is 10.8. The van der Waals surface area contributed by atoms with Crippen LogP contribution in [0.1, 0.15) is 194 Å². The van der Waals surface area contributed by atoms with E-state index >= 15 is 0 Å². The molecular formula is C32H67NO2. The van der Waals surface area contributed by atoms with Crippen molar-refractivity contribution in [2.45, 2.75) is 194 Å². The van der Waals surface area contributed by atoms with Gasteiger partial charge < -0.3 is 10.8 Å². The summed E-state index contributed by atoms with van der Waals surface area (Å²) in [6.07, 6.45) is 37.2. The van der Waals surface area contributed by atoms with Crippen LogP contribution in [-0.2, 0) is 4.79 Å². The van der Waals surface area contributed by atoms with Gasteiger partial charge in [-0.3, -0.25) is 4.79 Å². The number of rotatable bonds is 28. The fraction of sp³-hybridized carbons (Fsp3) is 0.969. The van der Waals surface area contributed by atoms with Crippen LogP contribution in [0, 0.1) is 0 Å². The Kier molecular flexibility index (Phi) is 37.2. The van der Waals surface area contributed by atoms with Gasteiger partial charge in [0, 0.05) is 6.42 Å². The predicted molar refractivity (Wildman–Crippen MR) is 157 cm³/mol. The average Bonchev–Trinajstić information content (AvgIpc) is 2.85. The molecule has 0 fully saturated rings. The zero-order valence-corrected chi connectivity index (χ0v) is 24.4. The van der Waals surface area contributed by atoms with Crippen LogP contribution in [0.2, 0.25) is 0 Å². The smallest absolute Gasteiger partial charge is 0.303 e. The molecule has 3 N–H and O–H groups in total. The number of carboxylic acid groups (broad SMARTS) is 1. The summed E-state index contributed by atoms with van der Waals surface area (Å²) in [7, 11) is 0. The van der Waals surface area contributed by atoms with E-state index in [1.807, 2.05) is 0 Å². The van der Waals surface area contributed by atoms with E-state index in [1.54, 1.807) is 0 Å². The molecule has 0 bridgehead atoms. The highest BCUT2D eigenvalue weighted by Gasteiger charge is 1.97. The zero-order valence-electron chi connectivity index (χ0n) is 24.4. The summed E-state index contributed by atoms with van der Waals surface area (Å²) >= 11 is 0. The lowest BCUT2D eigenvalue weighted by atomic mass is 10.0. The maximum absolute atomic E-state index is 10.3. The van der Waals surface area contributed by atoms with Crippen LogP contribution < -0.4 is 5.73 Å². The summed E-state index contributed by atoms with van der Waals surface area (Å²) in [5.74, 6) is -0.657. The Bertz CT molecular complexity index is 357. The molecule has 0 saturated carbocycles. The van der Waals surface area contributed by atoms with Crippen molar-refractivity contribution in [3.05, 3.63) is 0 Å². The molecule has 0 aromatic carbocycles. The molecule has 0 amide bonds. The highest BCUT2D eigenvalue weighted by molar-refractivity contribution is 5.66. The number of hydrogen-bond donors (Lipinski definition) is 2. The van der Waals surface area contributed by atoms with E-state index in [0.717, 1.165) is 19.4 Å². The molecule has 0 spiro atoms. The van der Waals surface area contributed by atoms with Gasteiger partial charge in [-0.15, -0.1) is 0 Å². The normalized spacial score (nSPS) is 10.8. The molecule has 0 unspecified atom stereocenters. The molecule has 0 aliphatic carbocycles. The van der Waals surface area contributed by atoms with Crippen molar-refractivity contribution in [2.24, 2.45) is 5.73 Å². The Labute approximate surface area is 221 Å². The number of nitrogens with two attached hydrogens (primary N) is 1. The van der Waals surface area contributed by atoms with Crippen molar-refractivity contribution >= 4 is 5.97 Å². The van der Waals surface area contributed by atoms with Crippen LogP contribution in [-0.4, -0.2) is 17.6 Å². The first-order chi connectivity index (χ1) is 17.2. The second kappa shape index (κ2) is 35.6. The topological polar surface area (TPSA) is 63.3 Å². The van der Waals surface area contributed by atoms with E-state index in [4.69, 9.17) is 10.8 Å². The summed E-state index contributed by atoms with van der Waals surface area (Å²) in [5, 5.41) is 8.46. The fourth-order valence-electron chi connectivity index (χ4n) is 4.63. The molecule has 212 valence electrons. The molecule has 0 atom stereocenters. The number of unbranched alkanes of at least 4 members (excludes halogenated alkanes) is 25. The van der Waals surface area contributed by atoms with Crippen LogP contribution >= 0.6 is 0 Å². The van der Waals surface area contributed by atoms with E-state index in [-0.39, 0.29) is 0 Å². The summed E-state index contributed by atoms with van der Waals surface area (Å²) in [4.78, 5) is 10.3. The number of carbonyl (C=O) groups is 1. The highest BCUT2D eigenvalue weighted by atomic mass is 16.4. The summed E-state index contributed by atoms with van der Waals surface area (Å²) in [6.45, 7) is 5.41. The van der Waals surface area contributed by atoms with Crippen molar-refractivity contribution in [1.29, 1.82) is 0 Å². The number of aliphatic carboxylic acids is 1. The lowest BCUT2D eigenvalue weighted by Crippen LogP contribution is -1.97. The van der Waals surface area contributed by atoms with Gasteiger partial charge in [0.15, 0.2) is 0 Å². The standard InChI is InChI=1S/C18H39N.C14H28O2/c1-2-3-4-5-6-7-8-9-10-11-12-13-14-15-16-17-18-19;1-2-3-4-5-6-7-8-9-10-11-12-13-14(15)16/h2-19H2,1H3;2-13H2,1H3,(H,15,16). The van der Waals surface area contributed by atoms with E-state index in [1.165, 1.54) is 161 Å². The minimum Gasteiger partial charge on any atom is -0.481 e. The van der Waals surface area contributed by atoms with Crippen LogP contribution in [0.5, 0.6) is 0 Å². The first kappa shape index (κ1) is 36.6. The minimum absolute atomic E-state index is 0.344. The minimum atomic E-state index is -0.657. The number of carboxylic acids is 1. The first-order valence-corrected chi connectivity index (χ1v) is 16.1. The Morgan fingerprint density at radius 3 is 0.886 bits per heavy atom. The Balaban J connectivity index is 0. The zero-order chi connectivity index (χ0) is 26.1. The summed E-state index contributed by atoms with van der Waals surface area (Å²) < 4.78 is 0. The molecule has 0 aliphatic heterocycles. The third-order valence-electron chi connectivity index (χ3n) is 7.05. The van der Waals surface area contributed by atoms with Crippen LogP contribution in [0.3, 0.4) is 0 Å². The van der Waals surface area contributed by atoms with Gasteiger partial charge in [-0.2, -0.15) is 0 Å². The molecule has 35 heavy (non-hydrogen) atoms. The third-order valence-corrected chi connectivity index (χ3v) is 7.05. The fourth-order valence-corrected chi connectivity index (χ4v) is 4.63. The van der Waals surface area contributed by atoms with E-state index < -0.39 is 5.97 Å². The van der Waals surface area contributed by atoms with Gasteiger partial charge in [0.05, 0.1) is 0 Å². The van der Waals surface area contributed by atoms with Gasteiger partial charge in [-0.1, -0.05) is 174 Å². The monoisotopic (exact) mass is 498 g/mol. The molecule has 0 saturated heterocycles. The predicted octanol–water partition coefficient (Wildman–Crippen LogP) is 11.0. The largest absolute Gasteiger partial charge is 0.481 e. The van der Waals surface area contributed by atoms with E-state index in [2.05, 4.69) is 13.8 Å². The Morgan fingerprint density at radius 2 is 0.657 bits per heavy atom. The van der Waals surface area contributed by atoms with Crippen molar-refractivity contribution in [1.82, 2.24) is 0 Å². The lowest BCUT2D eigenvalue weighted by molar-refractivity contribution is -0.137. The van der Waals surface area contributed by atoms with Crippen molar-refractivity contribution in [3.63, 3.8) is 0 Å². The molecule has 0 rings (SSSR count). The highest BCUT2D eigenvalue weighted by Crippen LogP contribution is 2.14. The molecule has 0 radical (unpaired) electrons. The third kappa shape index (κ3) is 40.9. The van der Waals surface area contributed by atoms with Gasteiger partial charge in [-0.25, -0.2) is 0 Å². The SMILES string of the molecule is CCCCCCCCCCCCCC(=O)O.CCCCCCCCCCCCCCCCCCN. The summed E-state index contributed by atoms with van der Waals surface area (Å²) in [5.41, 5.74) is 5.48. The second-order valence-electron chi connectivity index (χ2n) is 10.8. The average molecular weight is 498 g/mol. The van der Waals surface area contributed by atoms with E-state index in [0.29, 0.717) is 6.42 Å². The van der Waals surface area contributed by atoms with Gasteiger partial charge in [0.25, 0.3) is 0 Å². The van der Waals surface area contributed by atoms with Gasteiger partial charge in [0.1, 0.15) is 0 Å². The van der Waals surface area contributed by atoms with Crippen molar-refractivity contribution in [2.75, 3.05) is 6.54 Å². The van der Waals surface area contributed by atoms with Gasteiger partial charge in [0.2, 0.25) is 0 Å². The van der Waals surface area contributed by atoms with E-state index in [9.17, 15) is 4.79 Å². The Hall–Kier alpha value is -0.570. The molecule has 0 aromatic rings. The number of hydrogen-bond acceptors (Lipinski definition) is 2. The van der Waals surface area contributed by atoms with Crippen molar-refractivity contribution < 1.29 is 9.90 Å². The quantitative estimate of drug-likeness (QED) is 0.106. The Morgan fingerprint density at radius 1 is 0.429 bits per heavy atom. The summed E-state index contributed by atoms with van der Waals surface area (Å²) in [6, 6.07) is 0. The van der Waals surface area contributed by atoms with Crippen LogP contribution in [0.25, 0.3) is 0 Å². The lowest BCUT2D eigenvalue weighted by Gasteiger charge is -2.03. The van der Waals surface area contributed by atoms with Crippen LogP contribution in [0.15, 0.2) is 0 Å². The molecule has 3 heteroatoms. The van der Waals surface area contributed by atoms with Crippen molar-refractivity contribution in [3.8, 4) is 0 Å². The molecule has 3 nitrogen and oxygen atoms in total. The molecular weight excluding hydrogens is 430 g/mol. The van der Waals surface area contributed by atoms with Gasteiger partial charge in [-0.05, 0) is 19.4 Å². The maximum atomic E-state index is 10.3. The van der Waals surface area contributed by atoms with Crippen LogP contribution in [0.4, 0.5) is 0 Å². The molecule has 0 aliphatic rings.